The second kappa shape index (κ2) is 5.47. The van der Waals surface area contributed by atoms with Crippen LogP contribution >= 0.6 is 27.5 Å². The first-order valence-electron chi connectivity index (χ1n) is 6.79. The Hall–Kier alpha value is -1.32. The molecule has 0 spiro atoms. The van der Waals surface area contributed by atoms with Crippen LogP contribution in [0, 0.1) is 13.8 Å². The van der Waals surface area contributed by atoms with Crippen molar-refractivity contribution in [3.05, 3.63) is 63.2 Å². The van der Waals surface area contributed by atoms with Crippen LogP contribution in [0.1, 0.15) is 32.6 Å². The number of amides is 1. The lowest BCUT2D eigenvalue weighted by atomic mass is 9.96. The standard InChI is InChI=1S/C17H15BrClNO/c1-9-4-3-5-12(10(9)2)17(18)13-6-11-7-16(21)20-15(11)8-14(13)19/h3-6,8,17H,7H2,1-2H3,(H,20,21). The van der Waals surface area contributed by atoms with Crippen LogP contribution < -0.4 is 5.32 Å². The van der Waals surface area contributed by atoms with Crippen molar-refractivity contribution < 1.29 is 4.79 Å². The molecule has 0 fully saturated rings. The minimum absolute atomic E-state index is 0.0194. The van der Waals surface area contributed by atoms with Crippen molar-refractivity contribution in [2.45, 2.75) is 25.1 Å². The van der Waals surface area contributed by atoms with E-state index in [0.717, 1.165) is 16.8 Å². The van der Waals surface area contributed by atoms with Gasteiger partial charge < -0.3 is 5.32 Å². The van der Waals surface area contributed by atoms with E-state index in [0.29, 0.717) is 11.4 Å². The second-order valence-electron chi connectivity index (χ2n) is 5.41. The van der Waals surface area contributed by atoms with Crippen LogP contribution in [0.15, 0.2) is 30.3 Å². The third-order valence-electron chi connectivity index (χ3n) is 4.04. The average Bonchev–Trinajstić information content (AvgIpc) is 2.79. The molecule has 2 nitrogen and oxygen atoms in total. The number of nitrogens with one attached hydrogen (secondary N) is 1. The molecular formula is C17H15BrClNO. The van der Waals surface area contributed by atoms with Gasteiger partial charge >= 0.3 is 0 Å². The third kappa shape index (κ3) is 2.60. The van der Waals surface area contributed by atoms with E-state index < -0.39 is 0 Å². The molecule has 0 saturated heterocycles. The maximum Gasteiger partial charge on any atom is 0.228 e. The number of hydrogen-bond donors (Lipinski definition) is 1. The summed E-state index contributed by atoms with van der Waals surface area (Å²) in [6, 6.07) is 10.1. The average molecular weight is 365 g/mol. The van der Waals surface area contributed by atoms with Crippen molar-refractivity contribution in [1.82, 2.24) is 0 Å². The van der Waals surface area contributed by atoms with E-state index in [1.807, 2.05) is 12.1 Å². The van der Waals surface area contributed by atoms with E-state index in [1.54, 1.807) is 0 Å². The lowest BCUT2D eigenvalue weighted by molar-refractivity contribution is -0.115. The zero-order valence-electron chi connectivity index (χ0n) is 11.8. The molecule has 2 aromatic carbocycles. The fraction of sp³-hybridized carbons (Fsp3) is 0.235. The number of fused-ring (bicyclic) bond motifs is 1. The molecule has 1 atom stereocenters. The molecule has 0 saturated carbocycles. The number of hydrogen-bond acceptors (Lipinski definition) is 1. The van der Waals surface area contributed by atoms with Crippen LogP contribution in [0.25, 0.3) is 0 Å². The highest BCUT2D eigenvalue weighted by atomic mass is 79.9. The fourth-order valence-electron chi connectivity index (χ4n) is 2.68. The van der Waals surface area contributed by atoms with Gasteiger partial charge in [-0.05, 0) is 47.7 Å². The number of anilines is 1. The Morgan fingerprint density at radius 1 is 1.24 bits per heavy atom. The summed E-state index contributed by atoms with van der Waals surface area (Å²) in [5.41, 5.74) is 6.55. The van der Waals surface area contributed by atoms with Crippen LogP contribution in [0.3, 0.4) is 0 Å². The smallest absolute Gasteiger partial charge is 0.228 e. The number of aryl methyl sites for hydroxylation is 1. The SMILES string of the molecule is Cc1cccc(C(Br)c2cc3c(cc2Cl)NC(=O)C3)c1C. The summed E-state index contributed by atoms with van der Waals surface area (Å²) >= 11 is 10.2. The Morgan fingerprint density at radius 3 is 2.76 bits per heavy atom. The third-order valence-corrected chi connectivity index (χ3v) is 5.35. The molecule has 4 heteroatoms. The molecule has 108 valence electrons. The van der Waals surface area contributed by atoms with E-state index in [9.17, 15) is 4.79 Å². The Morgan fingerprint density at radius 2 is 2.00 bits per heavy atom. The molecule has 1 heterocycles. The molecule has 1 amide bonds. The van der Waals surface area contributed by atoms with Crippen molar-refractivity contribution in [2.75, 3.05) is 5.32 Å². The maximum atomic E-state index is 11.5. The van der Waals surface area contributed by atoms with Crippen molar-refractivity contribution in [1.29, 1.82) is 0 Å². The predicted molar refractivity (Wildman–Crippen MR) is 90.5 cm³/mol. The van der Waals surface area contributed by atoms with Crippen LogP contribution in [0.5, 0.6) is 0 Å². The first kappa shape index (κ1) is 14.6. The van der Waals surface area contributed by atoms with E-state index in [-0.39, 0.29) is 10.7 Å². The second-order valence-corrected chi connectivity index (χ2v) is 6.73. The Labute approximate surface area is 137 Å². The van der Waals surface area contributed by atoms with Gasteiger partial charge in [0.25, 0.3) is 0 Å². The minimum Gasteiger partial charge on any atom is -0.325 e. The molecule has 1 N–H and O–H groups in total. The molecular weight excluding hydrogens is 350 g/mol. The molecule has 1 aliphatic rings. The number of carbonyl (C=O) groups excluding carboxylic acids is 1. The monoisotopic (exact) mass is 363 g/mol. The summed E-state index contributed by atoms with van der Waals surface area (Å²) in [7, 11) is 0. The highest BCUT2D eigenvalue weighted by molar-refractivity contribution is 9.09. The van der Waals surface area contributed by atoms with Gasteiger partial charge in [0.2, 0.25) is 5.91 Å². The zero-order valence-corrected chi connectivity index (χ0v) is 14.2. The van der Waals surface area contributed by atoms with Gasteiger partial charge in [-0.2, -0.15) is 0 Å². The summed E-state index contributed by atoms with van der Waals surface area (Å²) in [6.45, 7) is 4.22. The van der Waals surface area contributed by atoms with Gasteiger partial charge in [0.05, 0.1) is 11.2 Å². The molecule has 21 heavy (non-hydrogen) atoms. The summed E-state index contributed by atoms with van der Waals surface area (Å²) in [6.07, 6.45) is 0.423. The summed E-state index contributed by atoms with van der Waals surface area (Å²) in [5.74, 6) is 0.0241. The topological polar surface area (TPSA) is 29.1 Å². The molecule has 0 aliphatic carbocycles. The maximum absolute atomic E-state index is 11.5. The Bertz CT molecular complexity index is 742. The van der Waals surface area contributed by atoms with Gasteiger partial charge in [0.1, 0.15) is 0 Å². The van der Waals surface area contributed by atoms with Gasteiger partial charge in [0.15, 0.2) is 0 Å². The first-order valence-corrected chi connectivity index (χ1v) is 8.09. The van der Waals surface area contributed by atoms with E-state index >= 15 is 0 Å². The normalized spacial score (nSPS) is 14.8. The van der Waals surface area contributed by atoms with Crippen molar-refractivity contribution in [3.63, 3.8) is 0 Å². The van der Waals surface area contributed by atoms with Crippen LogP contribution in [-0.2, 0) is 11.2 Å². The fourth-order valence-corrected chi connectivity index (χ4v) is 3.96. The number of benzene rings is 2. The van der Waals surface area contributed by atoms with Gasteiger partial charge in [-0.25, -0.2) is 0 Å². The first-order chi connectivity index (χ1) is 9.97. The summed E-state index contributed by atoms with van der Waals surface area (Å²) in [4.78, 5) is 11.5. The molecule has 2 aromatic rings. The number of carbonyl (C=O) groups is 1. The van der Waals surface area contributed by atoms with Crippen molar-refractivity contribution >= 4 is 39.1 Å². The highest BCUT2D eigenvalue weighted by Gasteiger charge is 2.23. The lowest BCUT2D eigenvalue weighted by Crippen LogP contribution is -2.03. The summed E-state index contributed by atoms with van der Waals surface area (Å²) in [5, 5.41) is 3.49. The van der Waals surface area contributed by atoms with Crippen LogP contribution in [-0.4, -0.2) is 5.91 Å². The molecule has 0 bridgehead atoms. The molecule has 0 radical (unpaired) electrons. The highest BCUT2D eigenvalue weighted by Crippen LogP contribution is 2.40. The van der Waals surface area contributed by atoms with Crippen LogP contribution in [0.2, 0.25) is 5.02 Å². The van der Waals surface area contributed by atoms with E-state index in [1.165, 1.54) is 16.7 Å². The Kier molecular flexibility index (Phi) is 3.80. The van der Waals surface area contributed by atoms with Crippen molar-refractivity contribution in [3.8, 4) is 0 Å². The molecule has 1 unspecified atom stereocenters. The number of rotatable bonds is 2. The predicted octanol–water partition coefficient (Wildman–Crippen LogP) is 4.94. The van der Waals surface area contributed by atoms with Gasteiger partial charge in [-0.3, -0.25) is 4.79 Å². The molecule has 3 rings (SSSR count). The summed E-state index contributed by atoms with van der Waals surface area (Å²) < 4.78 is 0. The van der Waals surface area contributed by atoms with Gasteiger partial charge in [-0.1, -0.05) is 51.8 Å². The molecule has 1 aliphatic heterocycles. The van der Waals surface area contributed by atoms with Gasteiger partial charge in [-0.15, -0.1) is 0 Å². The van der Waals surface area contributed by atoms with Crippen molar-refractivity contribution in [2.24, 2.45) is 0 Å². The van der Waals surface area contributed by atoms with Crippen LogP contribution in [0.4, 0.5) is 5.69 Å². The quantitative estimate of drug-likeness (QED) is 0.752. The number of alkyl halides is 1. The lowest BCUT2D eigenvalue weighted by Gasteiger charge is -2.17. The number of halogens is 2. The van der Waals surface area contributed by atoms with E-state index in [4.69, 9.17) is 11.6 Å². The van der Waals surface area contributed by atoms with Gasteiger partial charge in [0, 0.05) is 10.7 Å². The molecule has 0 aromatic heterocycles. The zero-order chi connectivity index (χ0) is 15.1. The largest absolute Gasteiger partial charge is 0.325 e. The van der Waals surface area contributed by atoms with E-state index in [2.05, 4.69) is 53.3 Å². The Balaban J connectivity index is 2.06. The minimum atomic E-state index is 0.0194.